The molecule has 0 aliphatic rings. The van der Waals surface area contributed by atoms with E-state index in [1.807, 2.05) is 12.1 Å². The highest BCUT2D eigenvalue weighted by Crippen LogP contribution is 2.31. The molecule has 1 unspecified atom stereocenters. The molecule has 2 N–H and O–H groups in total. The SMILES string of the molecule is CCCOc1ccc(C(N)c2ccc(C)cc2C)cc1Br. The molecular weight excluding hydrogens is 326 g/mol. The Morgan fingerprint density at radius 3 is 2.52 bits per heavy atom. The molecule has 3 heteroatoms. The summed E-state index contributed by atoms with van der Waals surface area (Å²) in [6, 6.07) is 12.3. The molecule has 0 fully saturated rings. The van der Waals surface area contributed by atoms with E-state index in [9.17, 15) is 0 Å². The number of hydrogen-bond acceptors (Lipinski definition) is 2. The van der Waals surface area contributed by atoms with Crippen molar-refractivity contribution in [2.45, 2.75) is 33.2 Å². The zero-order valence-electron chi connectivity index (χ0n) is 12.8. The Morgan fingerprint density at radius 1 is 1.14 bits per heavy atom. The third-order valence-corrected chi connectivity index (χ3v) is 4.16. The van der Waals surface area contributed by atoms with Crippen molar-refractivity contribution in [3.63, 3.8) is 0 Å². The average molecular weight is 348 g/mol. The van der Waals surface area contributed by atoms with Gasteiger partial charge in [0.1, 0.15) is 5.75 Å². The first-order valence-corrected chi connectivity index (χ1v) is 8.07. The average Bonchev–Trinajstić information content (AvgIpc) is 2.45. The number of hydrogen-bond donors (Lipinski definition) is 1. The maximum atomic E-state index is 6.42. The van der Waals surface area contributed by atoms with E-state index in [0.29, 0.717) is 0 Å². The zero-order chi connectivity index (χ0) is 15.4. The Balaban J connectivity index is 2.27. The highest BCUT2D eigenvalue weighted by molar-refractivity contribution is 9.10. The van der Waals surface area contributed by atoms with Crippen molar-refractivity contribution in [1.29, 1.82) is 0 Å². The van der Waals surface area contributed by atoms with Gasteiger partial charge in [-0.15, -0.1) is 0 Å². The van der Waals surface area contributed by atoms with Gasteiger partial charge in [-0.25, -0.2) is 0 Å². The van der Waals surface area contributed by atoms with Crippen LogP contribution in [0.2, 0.25) is 0 Å². The highest BCUT2D eigenvalue weighted by atomic mass is 79.9. The van der Waals surface area contributed by atoms with Crippen molar-refractivity contribution >= 4 is 15.9 Å². The summed E-state index contributed by atoms with van der Waals surface area (Å²) in [5.41, 5.74) is 11.2. The molecule has 0 radical (unpaired) electrons. The zero-order valence-corrected chi connectivity index (χ0v) is 14.4. The first kappa shape index (κ1) is 16.1. The fraction of sp³-hybridized carbons (Fsp3) is 0.333. The van der Waals surface area contributed by atoms with Crippen molar-refractivity contribution in [1.82, 2.24) is 0 Å². The van der Waals surface area contributed by atoms with Crippen molar-refractivity contribution in [2.75, 3.05) is 6.61 Å². The predicted molar refractivity (Wildman–Crippen MR) is 91.9 cm³/mol. The lowest BCUT2D eigenvalue weighted by Gasteiger charge is -2.17. The molecule has 0 aliphatic carbocycles. The van der Waals surface area contributed by atoms with Crippen molar-refractivity contribution in [2.24, 2.45) is 5.73 Å². The fourth-order valence-corrected chi connectivity index (χ4v) is 2.90. The topological polar surface area (TPSA) is 35.2 Å². The van der Waals surface area contributed by atoms with Crippen LogP contribution in [-0.4, -0.2) is 6.61 Å². The first-order chi connectivity index (χ1) is 10.0. The van der Waals surface area contributed by atoms with E-state index in [4.69, 9.17) is 10.5 Å². The summed E-state index contributed by atoms with van der Waals surface area (Å²) < 4.78 is 6.63. The lowest BCUT2D eigenvalue weighted by molar-refractivity contribution is 0.315. The summed E-state index contributed by atoms with van der Waals surface area (Å²) in [7, 11) is 0. The van der Waals surface area contributed by atoms with Crippen molar-refractivity contribution in [3.8, 4) is 5.75 Å². The molecule has 0 bridgehead atoms. The maximum absolute atomic E-state index is 6.42. The summed E-state index contributed by atoms with van der Waals surface area (Å²) in [5.74, 6) is 0.869. The number of ether oxygens (including phenoxy) is 1. The summed E-state index contributed by atoms with van der Waals surface area (Å²) >= 11 is 3.57. The molecule has 2 nitrogen and oxygen atoms in total. The Morgan fingerprint density at radius 2 is 1.90 bits per heavy atom. The third-order valence-electron chi connectivity index (χ3n) is 3.54. The number of rotatable bonds is 5. The van der Waals surface area contributed by atoms with Crippen LogP contribution < -0.4 is 10.5 Å². The number of aryl methyl sites for hydroxylation is 2. The molecule has 2 aromatic carbocycles. The van der Waals surface area contributed by atoms with Crippen molar-refractivity contribution < 1.29 is 4.74 Å². The van der Waals surface area contributed by atoms with Gasteiger partial charge in [-0.3, -0.25) is 0 Å². The molecule has 0 aliphatic heterocycles. The smallest absolute Gasteiger partial charge is 0.133 e. The van der Waals surface area contributed by atoms with Gasteiger partial charge in [-0.2, -0.15) is 0 Å². The van der Waals surface area contributed by atoms with Gasteiger partial charge in [0.05, 0.1) is 17.1 Å². The van der Waals surface area contributed by atoms with Gasteiger partial charge in [0, 0.05) is 0 Å². The maximum Gasteiger partial charge on any atom is 0.133 e. The van der Waals surface area contributed by atoms with Gasteiger partial charge in [0.25, 0.3) is 0 Å². The molecule has 0 saturated heterocycles. The number of halogens is 1. The number of nitrogens with two attached hydrogens (primary N) is 1. The van der Waals surface area contributed by atoms with Crippen LogP contribution in [0, 0.1) is 13.8 Å². The van der Waals surface area contributed by atoms with Gasteiger partial charge in [0.15, 0.2) is 0 Å². The van der Waals surface area contributed by atoms with Crippen LogP contribution in [0.3, 0.4) is 0 Å². The van der Waals surface area contributed by atoms with Crippen LogP contribution in [0.5, 0.6) is 5.75 Å². The van der Waals surface area contributed by atoms with E-state index in [-0.39, 0.29) is 6.04 Å². The van der Waals surface area contributed by atoms with E-state index in [1.54, 1.807) is 0 Å². The lowest BCUT2D eigenvalue weighted by Crippen LogP contribution is -2.13. The fourth-order valence-electron chi connectivity index (χ4n) is 2.39. The summed E-state index contributed by atoms with van der Waals surface area (Å²) in [4.78, 5) is 0. The largest absolute Gasteiger partial charge is 0.492 e. The van der Waals surface area contributed by atoms with Crippen LogP contribution in [0.15, 0.2) is 40.9 Å². The number of benzene rings is 2. The summed E-state index contributed by atoms with van der Waals surface area (Å²) in [5, 5.41) is 0. The Hall–Kier alpha value is -1.32. The molecule has 0 spiro atoms. The molecular formula is C18H22BrNO. The first-order valence-electron chi connectivity index (χ1n) is 7.28. The van der Waals surface area contributed by atoms with Crippen LogP contribution in [0.1, 0.15) is 41.6 Å². The van der Waals surface area contributed by atoms with E-state index >= 15 is 0 Å². The molecule has 21 heavy (non-hydrogen) atoms. The van der Waals surface area contributed by atoms with Gasteiger partial charge in [-0.05, 0) is 65.0 Å². The molecule has 0 amide bonds. The van der Waals surface area contributed by atoms with E-state index < -0.39 is 0 Å². The normalized spacial score (nSPS) is 12.2. The van der Waals surface area contributed by atoms with Gasteiger partial charge < -0.3 is 10.5 Å². The predicted octanol–water partition coefficient (Wildman–Crippen LogP) is 4.90. The van der Waals surface area contributed by atoms with E-state index in [1.165, 1.54) is 11.1 Å². The second kappa shape index (κ2) is 7.10. The van der Waals surface area contributed by atoms with Crippen LogP contribution >= 0.6 is 15.9 Å². The molecule has 0 saturated carbocycles. The Labute approximate surface area is 135 Å². The van der Waals surface area contributed by atoms with E-state index in [2.05, 4.69) is 61.0 Å². The van der Waals surface area contributed by atoms with Gasteiger partial charge in [0.2, 0.25) is 0 Å². The molecule has 112 valence electrons. The quantitative estimate of drug-likeness (QED) is 0.834. The summed E-state index contributed by atoms with van der Waals surface area (Å²) in [6.45, 7) is 7.02. The van der Waals surface area contributed by atoms with Gasteiger partial charge >= 0.3 is 0 Å². The second-order valence-corrected chi connectivity index (χ2v) is 6.23. The molecule has 0 aromatic heterocycles. The second-order valence-electron chi connectivity index (χ2n) is 5.38. The third kappa shape index (κ3) is 3.86. The molecule has 0 heterocycles. The lowest BCUT2D eigenvalue weighted by atomic mass is 9.94. The minimum absolute atomic E-state index is 0.123. The van der Waals surface area contributed by atoms with Crippen molar-refractivity contribution in [3.05, 3.63) is 63.1 Å². The summed E-state index contributed by atoms with van der Waals surface area (Å²) in [6.07, 6.45) is 0.996. The van der Waals surface area contributed by atoms with E-state index in [0.717, 1.165) is 34.4 Å². The minimum Gasteiger partial charge on any atom is -0.492 e. The monoisotopic (exact) mass is 347 g/mol. The highest BCUT2D eigenvalue weighted by Gasteiger charge is 2.13. The van der Waals surface area contributed by atoms with Gasteiger partial charge in [-0.1, -0.05) is 36.8 Å². The molecule has 1 atom stereocenters. The standard InChI is InChI=1S/C18H22BrNO/c1-4-9-21-17-8-6-14(11-16(17)19)18(20)15-7-5-12(2)10-13(15)3/h5-8,10-11,18H,4,9,20H2,1-3H3. The molecule has 2 rings (SSSR count). The van der Waals surface area contributed by atoms with Crippen LogP contribution in [0.4, 0.5) is 0 Å². The molecule has 2 aromatic rings. The Kier molecular flexibility index (Phi) is 5.43. The van der Waals surface area contributed by atoms with Crippen LogP contribution in [0.25, 0.3) is 0 Å². The minimum atomic E-state index is -0.123. The van der Waals surface area contributed by atoms with Crippen LogP contribution in [-0.2, 0) is 0 Å². The Bertz CT molecular complexity index is 625.